The Labute approximate surface area is 124 Å². The molecule has 1 saturated heterocycles. The van der Waals surface area contributed by atoms with Crippen molar-refractivity contribution < 1.29 is 0 Å². The van der Waals surface area contributed by atoms with Crippen LogP contribution in [0.1, 0.15) is 46.2 Å². The molecule has 1 heterocycles. The molecule has 0 spiro atoms. The maximum absolute atomic E-state index is 3.69. The maximum atomic E-state index is 3.69. The third-order valence-electron chi connectivity index (χ3n) is 5.08. The minimum absolute atomic E-state index is 0.368. The highest BCUT2D eigenvalue weighted by Crippen LogP contribution is 2.30. The van der Waals surface area contributed by atoms with Gasteiger partial charge < -0.3 is 5.32 Å². The molecular weight excluding hydrogens is 244 g/mol. The van der Waals surface area contributed by atoms with Crippen LogP contribution in [0.4, 0.5) is 0 Å². The second kappa shape index (κ2) is 6.28. The summed E-state index contributed by atoms with van der Waals surface area (Å²) in [6.45, 7) is 15.2. The Bertz CT molecular complexity index is 411. The van der Waals surface area contributed by atoms with Crippen molar-refractivity contribution in [2.24, 2.45) is 11.3 Å². The van der Waals surface area contributed by atoms with Crippen LogP contribution < -0.4 is 5.32 Å². The molecule has 20 heavy (non-hydrogen) atoms. The molecule has 0 bridgehead atoms. The van der Waals surface area contributed by atoms with Crippen LogP contribution in [0.25, 0.3) is 0 Å². The molecule has 1 N–H and O–H groups in total. The van der Waals surface area contributed by atoms with Crippen LogP contribution in [-0.2, 0) is 0 Å². The Balaban J connectivity index is 2.06. The van der Waals surface area contributed by atoms with Crippen molar-refractivity contribution in [3.63, 3.8) is 0 Å². The van der Waals surface area contributed by atoms with Crippen LogP contribution in [0.2, 0.25) is 0 Å². The van der Waals surface area contributed by atoms with E-state index < -0.39 is 0 Å². The maximum Gasteiger partial charge on any atom is 0.0449 e. The molecular formula is C18H30N2. The van der Waals surface area contributed by atoms with E-state index in [1.807, 2.05) is 0 Å². The molecule has 1 aromatic rings. The van der Waals surface area contributed by atoms with Gasteiger partial charge in [0.25, 0.3) is 0 Å². The smallest absolute Gasteiger partial charge is 0.0449 e. The molecule has 1 fully saturated rings. The molecule has 1 aliphatic heterocycles. The summed E-state index contributed by atoms with van der Waals surface area (Å²) in [7, 11) is 0. The molecule has 2 heteroatoms. The van der Waals surface area contributed by atoms with E-state index >= 15 is 0 Å². The van der Waals surface area contributed by atoms with Crippen molar-refractivity contribution >= 4 is 0 Å². The molecule has 0 amide bonds. The lowest BCUT2D eigenvalue weighted by atomic mass is 9.80. The van der Waals surface area contributed by atoms with Gasteiger partial charge in [0.15, 0.2) is 0 Å². The van der Waals surface area contributed by atoms with E-state index in [1.54, 1.807) is 0 Å². The standard InChI is InChI=1S/C18H30N2/c1-14(2)18(4,5)13-20-12-17(19-11-15(20)3)16-9-7-6-8-10-16/h6-10,14-15,17,19H,11-13H2,1-5H3. The third kappa shape index (κ3) is 3.62. The van der Waals surface area contributed by atoms with Gasteiger partial charge in [0.1, 0.15) is 0 Å². The molecule has 2 nitrogen and oxygen atoms in total. The van der Waals surface area contributed by atoms with Crippen LogP contribution in [-0.4, -0.2) is 30.6 Å². The molecule has 2 rings (SSSR count). The van der Waals surface area contributed by atoms with Gasteiger partial charge in [-0.2, -0.15) is 0 Å². The van der Waals surface area contributed by atoms with Crippen LogP contribution in [0.5, 0.6) is 0 Å². The van der Waals surface area contributed by atoms with Crippen LogP contribution >= 0.6 is 0 Å². The molecule has 112 valence electrons. The first kappa shape index (κ1) is 15.5. The summed E-state index contributed by atoms with van der Waals surface area (Å²) >= 11 is 0. The average molecular weight is 274 g/mol. The Morgan fingerprint density at radius 3 is 2.50 bits per heavy atom. The zero-order valence-electron chi connectivity index (χ0n) is 13.7. The first-order valence-electron chi connectivity index (χ1n) is 7.92. The fourth-order valence-electron chi connectivity index (χ4n) is 2.76. The molecule has 2 unspecified atom stereocenters. The lowest BCUT2D eigenvalue weighted by molar-refractivity contribution is 0.0707. The molecule has 0 aromatic heterocycles. The summed E-state index contributed by atoms with van der Waals surface area (Å²) in [4.78, 5) is 2.66. The highest BCUT2D eigenvalue weighted by Gasteiger charge is 2.31. The number of benzene rings is 1. The van der Waals surface area contributed by atoms with Crippen LogP contribution in [0, 0.1) is 11.3 Å². The Morgan fingerprint density at radius 1 is 1.25 bits per heavy atom. The molecule has 0 aliphatic carbocycles. The SMILES string of the molecule is CC1CNC(c2ccccc2)CN1CC(C)(C)C(C)C. The molecule has 1 aromatic carbocycles. The minimum Gasteiger partial charge on any atom is -0.307 e. The Kier molecular flexibility index (Phi) is 4.87. The lowest BCUT2D eigenvalue weighted by Crippen LogP contribution is -2.54. The minimum atomic E-state index is 0.368. The van der Waals surface area contributed by atoms with Crippen molar-refractivity contribution in [2.75, 3.05) is 19.6 Å². The number of rotatable bonds is 4. The first-order valence-corrected chi connectivity index (χ1v) is 7.92. The second-order valence-electron chi connectivity index (χ2n) is 7.29. The highest BCUT2D eigenvalue weighted by atomic mass is 15.2. The molecule has 0 radical (unpaired) electrons. The van der Waals surface area contributed by atoms with Crippen LogP contribution in [0.15, 0.2) is 30.3 Å². The topological polar surface area (TPSA) is 15.3 Å². The van der Waals surface area contributed by atoms with Crippen molar-refractivity contribution in [3.05, 3.63) is 35.9 Å². The van der Waals surface area contributed by atoms with Crippen molar-refractivity contribution in [2.45, 2.75) is 46.7 Å². The van der Waals surface area contributed by atoms with Gasteiger partial charge in [0.05, 0.1) is 0 Å². The molecule has 0 saturated carbocycles. The first-order chi connectivity index (χ1) is 9.40. The zero-order valence-corrected chi connectivity index (χ0v) is 13.7. The number of hydrogen-bond donors (Lipinski definition) is 1. The van der Waals surface area contributed by atoms with Gasteiger partial charge in [-0.05, 0) is 23.8 Å². The van der Waals surface area contributed by atoms with E-state index in [9.17, 15) is 0 Å². The highest BCUT2D eigenvalue weighted by molar-refractivity contribution is 5.20. The van der Waals surface area contributed by atoms with Gasteiger partial charge in [-0.3, -0.25) is 4.90 Å². The van der Waals surface area contributed by atoms with Gasteiger partial charge in [0, 0.05) is 31.7 Å². The second-order valence-corrected chi connectivity index (χ2v) is 7.29. The van der Waals surface area contributed by atoms with Gasteiger partial charge in [-0.15, -0.1) is 0 Å². The van der Waals surface area contributed by atoms with E-state index in [2.05, 4.69) is 75.2 Å². The summed E-state index contributed by atoms with van der Waals surface area (Å²) in [6.07, 6.45) is 0. The zero-order chi connectivity index (χ0) is 14.8. The third-order valence-corrected chi connectivity index (χ3v) is 5.08. The fraction of sp³-hybridized carbons (Fsp3) is 0.667. The quantitative estimate of drug-likeness (QED) is 0.900. The van der Waals surface area contributed by atoms with Gasteiger partial charge in [-0.25, -0.2) is 0 Å². The lowest BCUT2D eigenvalue weighted by Gasteiger charge is -2.44. The largest absolute Gasteiger partial charge is 0.307 e. The van der Waals surface area contributed by atoms with Crippen molar-refractivity contribution in [1.29, 1.82) is 0 Å². The summed E-state index contributed by atoms with van der Waals surface area (Å²) in [6, 6.07) is 11.9. The summed E-state index contributed by atoms with van der Waals surface area (Å²) in [5.41, 5.74) is 1.78. The monoisotopic (exact) mass is 274 g/mol. The van der Waals surface area contributed by atoms with Crippen molar-refractivity contribution in [3.8, 4) is 0 Å². The Hall–Kier alpha value is -0.860. The summed E-state index contributed by atoms with van der Waals surface area (Å²) in [5.74, 6) is 0.708. The average Bonchev–Trinajstić information content (AvgIpc) is 2.42. The van der Waals surface area contributed by atoms with E-state index in [1.165, 1.54) is 12.1 Å². The Morgan fingerprint density at radius 2 is 1.90 bits per heavy atom. The normalized spacial score (nSPS) is 25.1. The summed E-state index contributed by atoms with van der Waals surface area (Å²) in [5, 5.41) is 3.69. The van der Waals surface area contributed by atoms with Crippen molar-refractivity contribution in [1.82, 2.24) is 10.2 Å². The van der Waals surface area contributed by atoms with Gasteiger partial charge in [0.2, 0.25) is 0 Å². The predicted molar refractivity (Wildman–Crippen MR) is 86.8 cm³/mol. The fourth-order valence-corrected chi connectivity index (χ4v) is 2.76. The van der Waals surface area contributed by atoms with E-state index in [0.717, 1.165) is 13.1 Å². The molecule has 1 aliphatic rings. The van der Waals surface area contributed by atoms with E-state index in [-0.39, 0.29) is 0 Å². The van der Waals surface area contributed by atoms with E-state index in [4.69, 9.17) is 0 Å². The van der Waals surface area contributed by atoms with Gasteiger partial charge >= 0.3 is 0 Å². The predicted octanol–water partition coefficient (Wildman–Crippen LogP) is 3.70. The van der Waals surface area contributed by atoms with Crippen LogP contribution in [0.3, 0.4) is 0 Å². The summed E-state index contributed by atoms with van der Waals surface area (Å²) < 4.78 is 0. The number of nitrogens with one attached hydrogen (secondary N) is 1. The molecule has 2 atom stereocenters. The van der Waals surface area contributed by atoms with Gasteiger partial charge in [-0.1, -0.05) is 58.0 Å². The number of piperazine rings is 1. The number of hydrogen-bond acceptors (Lipinski definition) is 2. The number of nitrogens with zero attached hydrogens (tertiary/aromatic N) is 1. The van der Waals surface area contributed by atoms with E-state index in [0.29, 0.717) is 23.4 Å².